The molecule has 1 aliphatic heterocycles. The van der Waals surface area contributed by atoms with E-state index in [0.717, 1.165) is 27.7 Å². The minimum atomic E-state index is -0.893. The van der Waals surface area contributed by atoms with Crippen LogP contribution in [-0.2, 0) is 11.3 Å². The number of rotatable bonds is 3. The number of hydrogen-bond donors (Lipinski definition) is 2. The number of ether oxygens (including phenoxy) is 1. The number of nitrogens with one attached hydrogen (secondary N) is 1. The van der Waals surface area contributed by atoms with E-state index in [0.29, 0.717) is 24.5 Å². The van der Waals surface area contributed by atoms with E-state index in [-0.39, 0.29) is 12.5 Å². The summed E-state index contributed by atoms with van der Waals surface area (Å²) in [6.45, 7) is 2.70. The van der Waals surface area contributed by atoms with Gasteiger partial charge in [0, 0.05) is 22.2 Å². The number of amides is 1. The first-order chi connectivity index (χ1) is 12.6. The highest BCUT2D eigenvalue weighted by Crippen LogP contribution is 2.36. The molecule has 1 aromatic heterocycles. The van der Waals surface area contributed by atoms with E-state index >= 15 is 0 Å². The maximum absolute atomic E-state index is 12.3. The van der Waals surface area contributed by atoms with Crippen LogP contribution in [0.25, 0.3) is 22.0 Å². The number of aliphatic carboxylic acids is 1. The highest BCUT2D eigenvalue weighted by atomic mass is 16.5. The van der Waals surface area contributed by atoms with Gasteiger partial charge >= 0.3 is 5.97 Å². The van der Waals surface area contributed by atoms with Gasteiger partial charge in [-0.05, 0) is 30.7 Å². The van der Waals surface area contributed by atoms with Crippen molar-refractivity contribution in [2.24, 2.45) is 0 Å². The molecular formula is C20H18N2O4. The zero-order valence-corrected chi connectivity index (χ0v) is 14.3. The molecule has 0 saturated carbocycles. The molecule has 2 aromatic carbocycles. The first kappa shape index (κ1) is 16.2. The van der Waals surface area contributed by atoms with Crippen molar-refractivity contribution in [1.82, 2.24) is 9.88 Å². The summed E-state index contributed by atoms with van der Waals surface area (Å²) in [6.07, 6.45) is 0. The zero-order chi connectivity index (χ0) is 18.3. The van der Waals surface area contributed by atoms with E-state index in [4.69, 9.17) is 4.74 Å². The van der Waals surface area contributed by atoms with E-state index in [1.165, 1.54) is 0 Å². The standard InChI is InChI=1S/C20H18N2O4/c1-12-19(14-4-2-3-5-16(14)22(12)11-18(23)24)13-6-7-17-15(10-13)20(25)21-8-9-26-17/h2-7,10H,8-9,11H2,1H3,(H,21,25)(H,23,24). The summed E-state index contributed by atoms with van der Waals surface area (Å²) in [4.78, 5) is 23.6. The number of aromatic nitrogens is 1. The summed E-state index contributed by atoms with van der Waals surface area (Å²) < 4.78 is 7.41. The van der Waals surface area contributed by atoms with Crippen molar-refractivity contribution >= 4 is 22.8 Å². The third-order valence-electron chi connectivity index (χ3n) is 4.68. The first-order valence-electron chi connectivity index (χ1n) is 8.41. The van der Waals surface area contributed by atoms with Gasteiger partial charge in [0.05, 0.1) is 12.1 Å². The molecule has 0 aliphatic carbocycles. The zero-order valence-electron chi connectivity index (χ0n) is 14.3. The number of para-hydroxylation sites is 1. The highest BCUT2D eigenvalue weighted by molar-refractivity contribution is 6.02. The Balaban J connectivity index is 1.94. The second-order valence-corrected chi connectivity index (χ2v) is 6.27. The lowest BCUT2D eigenvalue weighted by atomic mass is 9.99. The Hall–Kier alpha value is -3.28. The smallest absolute Gasteiger partial charge is 0.323 e. The van der Waals surface area contributed by atoms with Gasteiger partial charge in [-0.2, -0.15) is 0 Å². The van der Waals surface area contributed by atoms with Gasteiger partial charge in [-0.3, -0.25) is 9.59 Å². The molecule has 0 atom stereocenters. The molecule has 0 spiro atoms. The van der Waals surface area contributed by atoms with Gasteiger partial charge in [-0.15, -0.1) is 0 Å². The second kappa shape index (κ2) is 6.22. The van der Waals surface area contributed by atoms with Gasteiger partial charge in [-0.1, -0.05) is 24.3 Å². The van der Waals surface area contributed by atoms with Crippen LogP contribution in [0.4, 0.5) is 0 Å². The summed E-state index contributed by atoms with van der Waals surface area (Å²) in [6, 6.07) is 13.2. The summed E-state index contributed by atoms with van der Waals surface area (Å²) in [7, 11) is 0. The Bertz CT molecular complexity index is 1040. The van der Waals surface area contributed by atoms with E-state index in [1.54, 1.807) is 10.6 Å². The molecule has 0 radical (unpaired) electrons. The normalized spacial score (nSPS) is 13.7. The van der Waals surface area contributed by atoms with Crippen molar-refractivity contribution in [3.63, 3.8) is 0 Å². The maximum atomic E-state index is 12.3. The van der Waals surface area contributed by atoms with Crippen molar-refractivity contribution in [3.8, 4) is 16.9 Å². The summed E-state index contributed by atoms with van der Waals surface area (Å²) in [5, 5.41) is 13.0. The van der Waals surface area contributed by atoms with Gasteiger partial charge in [-0.25, -0.2) is 0 Å². The van der Waals surface area contributed by atoms with Gasteiger partial charge in [0.1, 0.15) is 18.9 Å². The molecule has 0 bridgehead atoms. The first-order valence-corrected chi connectivity index (χ1v) is 8.41. The highest BCUT2D eigenvalue weighted by Gasteiger charge is 2.21. The Morgan fingerprint density at radius 3 is 2.88 bits per heavy atom. The monoisotopic (exact) mass is 350 g/mol. The minimum absolute atomic E-state index is 0.110. The van der Waals surface area contributed by atoms with Crippen molar-refractivity contribution < 1.29 is 19.4 Å². The molecular weight excluding hydrogens is 332 g/mol. The van der Waals surface area contributed by atoms with Crippen LogP contribution in [-0.4, -0.2) is 34.7 Å². The van der Waals surface area contributed by atoms with Crippen molar-refractivity contribution in [3.05, 3.63) is 53.7 Å². The van der Waals surface area contributed by atoms with Gasteiger partial charge in [0.15, 0.2) is 0 Å². The Morgan fingerprint density at radius 2 is 2.08 bits per heavy atom. The molecule has 0 unspecified atom stereocenters. The number of carbonyl (C=O) groups excluding carboxylic acids is 1. The average Bonchev–Trinajstić information content (AvgIpc) is 2.77. The molecule has 2 N–H and O–H groups in total. The van der Waals surface area contributed by atoms with Crippen LogP contribution in [0.1, 0.15) is 16.1 Å². The Morgan fingerprint density at radius 1 is 1.27 bits per heavy atom. The van der Waals surface area contributed by atoms with Crippen LogP contribution < -0.4 is 10.1 Å². The number of benzene rings is 2. The number of fused-ring (bicyclic) bond motifs is 2. The third-order valence-corrected chi connectivity index (χ3v) is 4.68. The van der Waals surface area contributed by atoms with Crippen LogP contribution in [0.15, 0.2) is 42.5 Å². The van der Waals surface area contributed by atoms with Gasteiger partial charge < -0.3 is 19.7 Å². The number of nitrogens with zero attached hydrogens (tertiary/aromatic N) is 1. The third kappa shape index (κ3) is 2.60. The fourth-order valence-electron chi connectivity index (χ4n) is 3.54. The summed E-state index contributed by atoms with van der Waals surface area (Å²) >= 11 is 0. The summed E-state index contributed by atoms with van der Waals surface area (Å²) in [5.41, 5.74) is 4.00. The predicted octanol–water partition coefficient (Wildman–Crippen LogP) is 2.82. The van der Waals surface area contributed by atoms with Crippen LogP contribution in [0.3, 0.4) is 0 Å². The molecule has 132 valence electrons. The molecule has 1 aliphatic rings. The Labute approximate surface area is 150 Å². The van der Waals surface area contributed by atoms with Gasteiger partial charge in [0.25, 0.3) is 5.91 Å². The van der Waals surface area contributed by atoms with Crippen LogP contribution in [0.5, 0.6) is 5.75 Å². The SMILES string of the molecule is Cc1c(-c2ccc3c(c2)C(=O)NCCO3)c2ccccc2n1CC(=O)O. The largest absolute Gasteiger partial charge is 0.491 e. The molecule has 6 heteroatoms. The fraction of sp³-hybridized carbons (Fsp3) is 0.200. The van der Waals surface area contributed by atoms with E-state index in [1.807, 2.05) is 43.3 Å². The van der Waals surface area contributed by atoms with Crippen LogP contribution >= 0.6 is 0 Å². The second-order valence-electron chi connectivity index (χ2n) is 6.27. The molecule has 3 aromatic rings. The lowest BCUT2D eigenvalue weighted by Gasteiger charge is -2.09. The van der Waals surface area contributed by atoms with E-state index in [9.17, 15) is 14.7 Å². The molecule has 1 amide bonds. The molecule has 26 heavy (non-hydrogen) atoms. The molecule has 0 fully saturated rings. The predicted molar refractivity (Wildman–Crippen MR) is 97.6 cm³/mol. The lowest BCUT2D eigenvalue weighted by Crippen LogP contribution is -2.24. The van der Waals surface area contributed by atoms with Crippen LogP contribution in [0.2, 0.25) is 0 Å². The lowest BCUT2D eigenvalue weighted by molar-refractivity contribution is -0.137. The molecule has 0 saturated heterocycles. The van der Waals surface area contributed by atoms with E-state index in [2.05, 4.69) is 5.32 Å². The fourth-order valence-corrected chi connectivity index (χ4v) is 3.54. The molecule has 4 rings (SSSR count). The van der Waals surface area contributed by atoms with Crippen molar-refractivity contribution in [2.75, 3.05) is 13.2 Å². The quantitative estimate of drug-likeness (QED) is 0.761. The molecule has 2 heterocycles. The maximum Gasteiger partial charge on any atom is 0.323 e. The topological polar surface area (TPSA) is 80.6 Å². The number of hydrogen-bond acceptors (Lipinski definition) is 3. The summed E-state index contributed by atoms with van der Waals surface area (Å²) in [5.74, 6) is -0.489. The van der Waals surface area contributed by atoms with Gasteiger partial charge in [0.2, 0.25) is 0 Å². The minimum Gasteiger partial charge on any atom is -0.491 e. The van der Waals surface area contributed by atoms with Crippen molar-refractivity contribution in [1.29, 1.82) is 0 Å². The number of carboxylic acid groups (broad SMARTS) is 1. The van der Waals surface area contributed by atoms with Crippen LogP contribution in [0, 0.1) is 6.92 Å². The van der Waals surface area contributed by atoms with E-state index < -0.39 is 5.97 Å². The number of carboxylic acids is 1. The molecule has 6 nitrogen and oxygen atoms in total. The number of carbonyl (C=O) groups is 2. The Kier molecular flexibility index (Phi) is 3.88. The average molecular weight is 350 g/mol. The van der Waals surface area contributed by atoms with Crippen molar-refractivity contribution in [2.45, 2.75) is 13.5 Å².